The number of aryl methyl sites for hydroxylation is 1. The minimum absolute atomic E-state index is 0. The first-order chi connectivity index (χ1) is 17.8. The summed E-state index contributed by atoms with van der Waals surface area (Å²) in [5, 5.41) is 15.5. The van der Waals surface area contributed by atoms with Gasteiger partial charge < -0.3 is 27.2 Å². The van der Waals surface area contributed by atoms with Crippen LogP contribution in [0.4, 0.5) is 10.1 Å². The molecule has 0 aliphatic carbocycles. The molecule has 1 fully saturated rings. The Morgan fingerprint density at radius 2 is 1.95 bits per heavy atom. The molecular formula is C29H36FN4O3U-. The monoisotopic (exact) mass is 745 g/mol. The summed E-state index contributed by atoms with van der Waals surface area (Å²) in [5.41, 5.74) is 3.84. The Labute approximate surface area is 248 Å². The summed E-state index contributed by atoms with van der Waals surface area (Å²) in [6.45, 7) is 10.7. The third-order valence-electron chi connectivity index (χ3n) is 6.84. The summed E-state index contributed by atoms with van der Waals surface area (Å²) in [6.07, 6.45) is 0.425. The van der Waals surface area contributed by atoms with Crippen molar-refractivity contribution in [2.24, 2.45) is 5.92 Å². The molecule has 0 saturated carbocycles. The quantitative estimate of drug-likeness (QED) is 0.455. The van der Waals surface area contributed by atoms with Crippen molar-refractivity contribution in [1.82, 2.24) is 10.6 Å². The molecule has 38 heavy (non-hydrogen) atoms. The molecule has 0 bridgehead atoms. The Kier molecular flexibility index (Phi) is 12.5. The average molecular weight is 746 g/mol. The van der Waals surface area contributed by atoms with Crippen LogP contribution in [0.3, 0.4) is 0 Å². The molecule has 7 nitrogen and oxygen atoms in total. The van der Waals surface area contributed by atoms with Crippen LogP contribution in [0.15, 0.2) is 36.4 Å². The van der Waals surface area contributed by atoms with Gasteiger partial charge in [-0.3, -0.25) is 9.59 Å². The first-order valence-electron chi connectivity index (χ1n) is 12.8. The number of nitriles is 1. The van der Waals surface area contributed by atoms with Crippen LogP contribution in [0.5, 0.6) is 0 Å². The fraction of sp³-hybridized carbons (Fsp3) is 0.448. The molecule has 4 rings (SSSR count). The van der Waals surface area contributed by atoms with Crippen LogP contribution in [0.25, 0.3) is 11.1 Å². The number of hydrogen-bond acceptors (Lipinski definition) is 5. The van der Waals surface area contributed by atoms with Crippen molar-refractivity contribution in [2.45, 2.75) is 58.2 Å². The van der Waals surface area contributed by atoms with Gasteiger partial charge in [0.15, 0.2) is 0 Å². The summed E-state index contributed by atoms with van der Waals surface area (Å²) in [4.78, 5) is 26.2. The molecule has 2 aliphatic rings. The van der Waals surface area contributed by atoms with E-state index in [-0.39, 0.29) is 55.4 Å². The van der Waals surface area contributed by atoms with Crippen molar-refractivity contribution >= 4 is 17.5 Å². The second-order valence-electron chi connectivity index (χ2n) is 9.28. The van der Waals surface area contributed by atoms with Gasteiger partial charge in [-0.1, -0.05) is 39.0 Å². The number of hydrogen-bond donors (Lipinski definition) is 2. The fourth-order valence-electron chi connectivity index (χ4n) is 4.41. The minimum Gasteiger partial charge on any atom is -0.369 e. The van der Waals surface area contributed by atoms with Gasteiger partial charge in [-0.05, 0) is 52.9 Å². The summed E-state index contributed by atoms with van der Waals surface area (Å²) >= 11 is 0. The van der Waals surface area contributed by atoms with Gasteiger partial charge in [0, 0.05) is 69.8 Å². The van der Waals surface area contributed by atoms with E-state index in [2.05, 4.69) is 23.6 Å². The molecule has 4 atom stereocenters. The maximum Gasteiger partial charge on any atom is 0.251 e. The van der Waals surface area contributed by atoms with Gasteiger partial charge in [-0.25, -0.2) is 4.39 Å². The Bertz CT molecular complexity index is 1160. The van der Waals surface area contributed by atoms with Crippen molar-refractivity contribution in [3.63, 3.8) is 0 Å². The predicted octanol–water partition coefficient (Wildman–Crippen LogP) is 3.81. The molecule has 2 aromatic carbocycles. The first kappa shape index (κ1) is 32.0. The number of rotatable bonds is 5. The number of anilines is 1. The molecule has 2 aliphatic heterocycles. The number of nitrogens with one attached hydrogen (secondary N) is 2. The summed E-state index contributed by atoms with van der Waals surface area (Å²) in [6, 6.07) is 11.9. The van der Waals surface area contributed by atoms with Gasteiger partial charge in [-0.2, -0.15) is 5.26 Å². The zero-order valence-corrected chi connectivity index (χ0v) is 26.7. The van der Waals surface area contributed by atoms with E-state index >= 15 is 4.39 Å². The Morgan fingerprint density at radius 3 is 2.63 bits per heavy atom. The van der Waals surface area contributed by atoms with Crippen LogP contribution in [-0.4, -0.2) is 50.2 Å². The average Bonchev–Trinajstić information content (AvgIpc) is 3.08. The van der Waals surface area contributed by atoms with Crippen molar-refractivity contribution in [3.05, 3.63) is 60.3 Å². The van der Waals surface area contributed by atoms with Crippen LogP contribution >= 0.6 is 0 Å². The van der Waals surface area contributed by atoms with Crippen LogP contribution < -0.4 is 15.5 Å². The molecule has 2 heterocycles. The second kappa shape index (κ2) is 14.8. The van der Waals surface area contributed by atoms with Crippen LogP contribution in [0.2, 0.25) is 0 Å². The number of fused-ring (bicyclic) bond motifs is 1. The topological polar surface area (TPSA) is 94.5 Å². The van der Waals surface area contributed by atoms with Crippen molar-refractivity contribution in [2.75, 3.05) is 25.1 Å². The molecule has 2 N–H and O–H groups in total. The summed E-state index contributed by atoms with van der Waals surface area (Å²) in [5.74, 6) is -0.739. The van der Waals surface area contributed by atoms with Crippen molar-refractivity contribution in [3.8, 4) is 17.2 Å². The zero-order chi connectivity index (χ0) is 27.1. The number of halogens is 1. The van der Waals surface area contributed by atoms with E-state index in [4.69, 9.17) is 4.74 Å². The number of benzene rings is 2. The molecule has 4 unspecified atom stereocenters. The van der Waals surface area contributed by atoms with E-state index in [0.717, 1.165) is 16.8 Å². The van der Waals surface area contributed by atoms with Gasteiger partial charge >= 0.3 is 0 Å². The fourth-order valence-corrected chi connectivity index (χ4v) is 4.41. The summed E-state index contributed by atoms with van der Waals surface area (Å²) < 4.78 is 20.6. The zero-order valence-electron chi connectivity index (χ0n) is 22.5. The van der Waals surface area contributed by atoms with E-state index in [9.17, 15) is 14.9 Å². The van der Waals surface area contributed by atoms with Gasteiger partial charge in [0.05, 0.1) is 6.07 Å². The van der Waals surface area contributed by atoms with E-state index in [1.807, 2.05) is 45.0 Å². The smallest absolute Gasteiger partial charge is 0.251 e. The normalized spacial score (nSPS) is 21.4. The maximum atomic E-state index is 15.0. The molecule has 2 aromatic rings. The Morgan fingerprint density at radius 1 is 1.26 bits per heavy atom. The predicted molar refractivity (Wildman–Crippen MR) is 142 cm³/mol. The third kappa shape index (κ3) is 7.67. The van der Waals surface area contributed by atoms with E-state index in [0.29, 0.717) is 37.1 Å². The first-order valence-corrected chi connectivity index (χ1v) is 12.8. The van der Waals surface area contributed by atoms with E-state index < -0.39 is 23.9 Å². The van der Waals surface area contributed by atoms with E-state index in [1.54, 1.807) is 18.0 Å². The Hall–Kier alpha value is -2.23. The minimum atomic E-state index is -0.889. The third-order valence-corrected chi connectivity index (χ3v) is 6.84. The largest absolute Gasteiger partial charge is 0.369 e. The SMILES string of the molecule is CC.[CH2-]C1COC(C(=O)NC(C#N)Cc2ccc(-c3ccc4c(c3)CCC(=O)N4C)cc2F)CNC1C.[U]. The standard InChI is InChI=1S/C27H30FN4O3.C2H6.U/c1-16-15-35-25(14-30-17(16)2)27(34)31-22(13-29)11-20-5-4-19(12-23(20)28)18-6-8-24-21(10-18)7-9-26(33)32(24)3;1-2;/h4-6,8,10,12,16-17,22,25,30H,1,7,9,11,14-15H2,2-3H3,(H,31,34);1-2H3;/q-1;;. The van der Waals surface area contributed by atoms with Crippen LogP contribution in [-0.2, 0) is 27.2 Å². The number of amides is 2. The maximum absolute atomic E-state index is 15.0. The van der Waals surface area contributed by atoms with Crippen LogP contribution in [0.1, 0.15) is 38.3 Å². The number of carbonyl (C=O) groups excluding carboxylic acids is 2. The van der Waals surface area contributed by atoms with Gasteiger partial charge in [0.2, 0.25) is 5.91 Å². The van der Waals surface area contributed by atoms with Gasteiger partial charge in [0.25, 0.3) is 5.91 Å². The molecule has 0 spiro atoms. The van der Waals surface area contributed by atoms with E-state index in [1.165, 1.54) is 6.07 Å². The molecule has 9 heteroatoms. The molecule has 0 aromatic heterocycles. The number of ether oxygens (including phenoxy) is 1. The Balaban J connectivity index is 0.00000165. The summed E-state index contributed by atoms with van der Waals surface area (Å²) in [7, 11) is 1.76. The van der Waals surface area contributed by atoms with Gasteiger partial charge in [-0.15, -0.1) is 5.92 Å². The molecule has 2 amide bonds. The second-order valence-corrected chi connectivity index (χ2v) is 9.28. The van der Waals surface area contributed by atoms with Crippen molar-refractivity contribution in [1.29, 1.82) is 5.26 Å². The van der Waals surface area contributed by atoms with Crippen LogP contribution in [0, 0.1) is 61.1 Å². The molecule has 202 valence electrons. The number of carbonyl (C=O) groups is 2. The molecular weight excluding hydrogens is 709 g/mol. The molecule has 0 radical (unpaired) electrons. The van der Waals surface area contributed by atoms with Crippen molar-refractivity contribution < 1.29 is 49.8 Å². The number of nitrogens with zero attached hydrogens (tertiary/aromatic N) is 2. The molecule has 1 saturated heterocycles. The van der Waals surface area contributed by atoms with Gasteiger partial charge in [0.1, 0.15) is 18.0 Å².